The van der Waals surface area contributed by atoms with Crippen LogP contribution in [0.2, 0.25) is 0 Å². The van der Waals surface area contributed by atoms with Crippen molar-refractivity contribution in [3.63, 3.8) is 0 Å². The van der Waals surface area contributed by atoms with Crippen LogP contribution in [0.3, 0.4) is 0 Å². The first-order chi connectivity index (χ1) is 0. The second-order valence-electron chi connectivity index (χ2n) is 0. The summed E-state index contributed by atoms with van der Waals surface area (Å²) in [5.74, 6) is 0. The summed E-state index contributed by atoms with van der Waals surface area (Å²) in [4.78, 5) is 0. The molecule has 0 N–H and O–H groups in total. The SMILES string of the molecule is [Al].[Cr].[Fe].[Mo].[Nb].[Ti]. The van der Waals surface area contributed by atoms with Crippen LogP contribution in [-0.2, 0) is 99.6 Å². The van der Waals surface area contributed by atoms with E-state index in [9.17, 15) is 0 Å². The first-order valence-corrected chi connectivity index (χ1v) is 0. The monoisotopic (exact) mass is 374 g/mol. The molecule has 0 aromatic heterocycles. The topological polar surface area (TPSA) is 0 Å². The van der Waals surface area contributed by atoms with E-state index in [2.05, 4.69) is 0 Å². The summed E-state index contributed by atoms with van der Waals surface area (Å²) in [6.07, 6.45) is 0. The van der Waals surface area contributed by atoms with Crippen molar-refractivity contribution < 1.29 is 99.6 Å². The van der Waals surface area contributed by atoms with Crippen LogP contribution in [0, 0.1) is 0 Å². The Balaban J connectivity index is 0. The van der Waals surface area contributed by atoms with Gasteiger partial charge in [0.05, 0.1) is 0 Å². The van der Waals surface area contributed by atoms with Crippen molar-refractivity contribution >= 4 is 17.4 Å². The molecule has 0 unspecified atom stereocenters. The fraction of sp³-hybridized carbons (Fsp3) is 0. The minimum atomic E-state index is 0. The fourth-order valence-corrected chi connectivity index (χ4v) is 0. The standard InChI is InChI=1S/Al.Cr.Fe.Mo.Nb.Ti. The van der Waals surface area contributed by atoms with Gasteiger partial charge in [-0.25, -0.2) is 0 Å². The minimum absolute atomic E-state index is 0. The molecule has 0 aromatic rings. The molecule has 0 rings (SSSR count). The van der Waals surface area contributed by atoms with E-state index in [0.29, 0.717) is 0 Å². The van der Waals surface area contributed by atoms with E-state index in [4.69, 9.17) is 0 Å². The van der Waals surface area contributed by atoms with Gasteiger partial charge >= 0.3 is 0 Å². The van der Waals surface area contributed by atoms with Crippen molar-refractivity contribution in [3.8, 4) is 0 Å². The summed E-state index contributed by atoms with van der Waals surface area (Å²) < 4.78 is 0. The Kier molecular flexibility index (Phi) is 333. The minimum Gasteiger partial charge on any atom is 0 e. The molecule has 6 heavy (non-hydrogen) atoms. The summed E-state index contributed by atoms with van der Waals surface area (Å²) >= 11 is 0. The first kappa shape index (κ1) is 53.3. The predicted molar refractivity (Wildman–Crippen MR) is 5.75 cm³/mol. The Bertz CT molecular complexity index is 15.5. The Morgan fingerprint density at radius 3 is 1.00 bits per heavy atom. The van der Waals surface area contributed by atoms with E-state index in [1.54, 1.807) is 0 Å². The van der Waals surface area contributed by atoms with E-state index >= 15 is 0 Å². The van der Waals surface area contributed by atoms with Crippen molar-refractivity contribution in [2.45, 2.75) is 0 Å². The second kappa shape index (κ2) is 37.5. The molecule has 0 saturated carbocycles. The van der Waals surface area contributed by atoms with Gasteiger partial charge in [0.1, 0.15) is 0 Å². The molecule has 0 aliphatic heterocycles. The molecule has 0 atom stereocenters. The van der Waals surface area contributed by atoms with E-state index < -0.39 is 0 Å². The molecule has 0 aliphatic rings. The van der Waals surface area contributed by atoms with Crippen LogP contribution >= 0.6 is 0 Å². The van der Waals surface area contributed by atoms with Gasteiger partial charge in [0.25, 0.3) is 0 Å². The summed E-state index contributed by atoms with van der Waals surface area (Å²) in [5, 5.41) is 0. The third-order valence-corrected chi connectivity index (χ3v) is 0. The molecule has 0 aliphatic carbocycles. The van der Waals surface area contributed by atoms with Gasteiger partial charge in [-0.05, 0) is 0 Å². The van der Waals surface area contributed by atoms with Gasteiger partial charge in [-0.3, -0.25) is 0 Å². The van der Waals surface area contributed by atoms with Gasteiger partial charge in [0, 0.05) is 117 Å². The predicted octanol–water partition coefficient (Wildman–Crippen LogP) is -0.393. The normalized spacial score (nSPS) is 0. The molecule has 0 saturated heterocycles. The zero-order valence-electron chi connectivity index (χ0n) is 2.69. The molecule has 0 bridgehead atoms. The van der Waals surface area contributed by atoms with Crippen molar-refractivity contribution in [2.75, 3.05) is 0 Å². The van der Waals surface area contributed by atoms with Crippen LogP contribution in [-0.4, -0.2) is 17.4 Å². The molecule has 4 radical (unpaired) electrons. The summed E-state index contributed by atoms with van der Waals surface area (Å²) in [7, 11) is 0. The maximum Gasteiger partial charge on any atom is 0 e. The van der Waals surface area contributed by atoms with Gasteiger partial charge in [0.15, 0.2) is 0 Å². The average Bonchev–Trinajstić information content (AvgIpc) is 0. The molecule has 0 fully saturated rings. The quantitative estimate of drug-likeness (QED) is 0.509. The van der Waals surface area contributed by atoms with Crippen molar-refractivity contribution in [1.82, 2.24) is 0 Å². The van der Waals surface area contributed by atoms with E-state index in [1.165, 1.54) is 0 Å². The van der Waals surface area contributed by atoms with Gasteiger partial charge in [0.2, 0.25) is 0 Å². The third-order valence-electron chi connectivity index (χ3n) is 0. The molecular weight excluding hydrogens is 372 g/mol. The van der Waals surface area contributed by atoms with Gasteiger partial charge in [-0.15, -0.1) is 0 Å². The summed E-state index contributed by atoms with van der Waals surface area (Å²) in [6.45, 7) is 0. The first-order valence-electron chi connectivity index (χ1n) is 0. The van der Waals surface area contributed by atoms with Crippen LogP contribution < -0.4 is 0 Å². The van der Waals surface area contributed by atoms with Crippen molar-refractivity contribution in [3.05, 3.63) is 0 Å². The van der Waals surface area contributed by atoms with Crippen LogP contribution in [0.1, 0.15) is 0 Å². The van der Waals surface area contributed by atoms with E-state index in [0.717, 1.165) is 0 Å². The molecule has 0 heterocycles. The van der Waals surface area contributed by atoms with Crippen LogP contribution in [0.5, 0.6) is 0 Å². The molecule has 0 aromatic carbocycles. The largest absolute Gasteiger partial charge is 0 e. The van der Waals surface area contributed by atoms with E-state index in [-0.39, 0.29) is 117 Å². The van der Waals surface area contributed by atoms with Crippen LogP contribution in [0.25, 0.3) is 0 Å². The Hall–Kier alpha value is 3.73. The van der Waals surface area contributed by atoms with Crippen LogP contribution in [0.4, 0.5) is 0 Å². The van der Waals surface area contributed by atoms with Gasteiger partial charge in [-0.1, -0.05) is 0 Å². The molecule has 6 heteroatoms. The Morgan fingerprint density at radius 2 is 1.00 bits per heavy atom. The third kappa shape index (κ3) is 25.2. The second-order valence-corrected chi connectivity index (χ2v) is 0. The van der Waals surface area contributed by atoms with Gasteiger partial charge < -0.3 is 0 Å². The van der Waals surface area contributed by atoms with Crippen molar-refractivity contribution in [1.29, 1.82) is 0 Å². The molecule has 0 amide bonds. The molecule has 0 nitrogen and oxygen atoms in total. The molecular formula is AlCrFeMoNbTi. The number of hydrogen-bond donors (Lipinski definition) is 0. The molecule has 32 valence electrons. The zero-order valence-corrected chi connectivity index (χ0v) is 12.0. The maximum atomic E-state index is 0. The van der Waals surface area contributed by atoms with E-state index in [1.807, 2.05) is 0 Å². The number of hydrogen-bond acceptors (Lipinski definition) is 0. The van der Waals surface area contributed by atoms with Gasteiger partial charge in [-0.2, -0.15) is 0 Å². The zero-order chi connectivity index (χ0) is 0. The Morgan fingerprint density at radius 1 is 1.00 bits per heavy atom. The molecule has 0 spiro atoms. The smallest absolute Gasteiger partial charge is 0 e. The van der Waals surface area contributed by atoms with Crippen molar-refractivity contribution in [2.24, 2.45) is 0 Å². The maximum absolute atomic E-state index is 0. The fourth-order valence-electron chi connectivity index (χ4n) is 0. The van der Waals surface area contributed by atoms with Crippen LogP contribution in [0.15, 0.2) is 0 Å². The number of rotatable bonds is 0. The summed E-state index contributed by atoms with van der Waals surface area (Å²) in [5.41, 5.74) is 0. The average molecular weight is 372 g/mol. The Labute approximate surface area is 115 Å². The summed E-state index contributed by atoms with van der Waals surface area (Å²) in [6, 6.07) is 0.